The highest BCUT2D eigenvalue weighted by atomic mass is 32.2. The number of carbonyl (C=O) groups excluding carboxylic acids is 1. The lowest BCUT2D eigenvalue weighted by molar-refractivity contribution is -0.146. The lowest BCUT2D eigenvalue weighted by atomic mass is 9.82. The summed E-state index contributed by atoms with van der Waals surface area (Å²) in [5.74, 6) is -2.17. The van der Waals surface area contributed by atoms with Crippen LogP contribution in [-0.2, 0) is 9.59 Å². The van der Waals surface area contributed by atoms with Crippen LogP contribution in [0.15, 0.2) is 34.7 Å². The number of hydrogen-bond donors (Lipinski definition) is 2. The third kappa shape index (κ3) is 2.52. The molecular formula is C17H16N2O3S2. The first-order valence-electron chi connectivity index (χ1n) is 7.73. The molecule has 1 amide bonds. The summed E-state index contributed by atoms with van der Waals surface area (Å²) in [6, 6.07) is 5.61. The van der Waals surface area contributed by atoms with Crippen LogP contribution < -0.4 is 5.32 Å². The second-order valence-corrected chi connectivity index (χ2v) is 8.28. The van der Waals surface area contributed by atoms with Gasteiger partial charge in [0.25, 0.3) is 0 Å². The van der Waals surface area contributed by atoms with Crippen molar-refractivity contribution < 1.29 is 14.7 Å². The second-order valence-electron chi connectivity index (χ2n) is 6.19. The fourth-order valence-corrected chi connectivity index (χ4v) is 5.34. The summed E-state index contributed by atoms with van der Waals surface area (Å²) in [5.41, 5.74) is 1.60. The van der Waals surface area contributed by atoms with E-state index in [1.165, 1.54) is 0 Å². The number of aliphatic carboxylic acids is 1. The van der Waals surface area contributed by atoms with Crippen molar-refractivity contribution in [3.8, 4) is 0 Å². The fraction of sp³-hybridized carbons (Fsp3) is 0.353. The predicted octanol–water partition coefficient (Wildman–Crippen LogP) is 3.48. The van der Waals surface area contributed by atoms with Gasteiger partial charge in [0.2, 0.25) is 5.91 Å². The monoisotopic (exact) mass is 360 g/mol. The molecule has 2 N–H and O–H groups in total. The molecule has 0 aliphatic heterocycles. The van der Waals surface area contributed by atoms with E-state index in [1.807, 2.05) is 36.6 Å². The van der Waals surface area contributed by atoms with Gasteiger partial charge in [0.05, 0.1) is 22.1 Å². The van der Waals surface area contributed by atoms with Crippen molar-refractivity contribution in [1.82, 2.24) is 4.98 Å². The molecule has 7 heteroatoms. The van der Waals surface area contributed by atoms with E-state index in [1.54, 1.807) is 23.1 Å². The van der Waals surface area contributed by atoms with Crippen LogP contribution >= 0.6 is 23.1 Å². The molecule has 2 aromatic rings. The number of nitrogens with one attached hydrogen (secondary N) is 1. The lowest BCUT2D eigenvalue weighted by Crippen LogP contribution is -2.36. The smallest absolute Gasteiger partial charge is 0.307 e. The summed E-state index contributed by atoms with van der Waals surface area (Å²) in [7, 11) is 0. The van der Waals surface area contributed by atoms with Gasteiger partial charge in [-0.3, -0.25) is 9.59 Å². The van der Waals surface area contributed by atoms with Crippen molar-refractivity contribution in [2.24, 2.45) is 23.7 Å². The van der Waals surface area contributed by atoms with Crippen LogP contribution in [0.1, 0.15) is 6.42 Å². The topological polar surface area (TPSA) is 79.3 Å². The maximum absolute atomic E-state index is 12.7. The molecular weight excluding hydrogens is 344 g/mol. The number of nitrogens with zero attached hydrogens (tertiary/aromatic N) is 1. The van der Waals surface area contributed by atoms with Gasteiger partial charge >= 0.3 is 5.97 Å². The van der Waals surface area contributed by atoms with Gasteiger partial charge in [0, 0.05) is 5.69 Å². The van der Waals surface area contributed by atoms with Crippen LogP contribution in [0, 0.1) is 23.7 Å². The maximum Gasteiger partial charge on any atom is 0.307 e. The molecule has 5 nitrogen and oxygen atoms in total. The number of benzene rings is 1. The second kappa shape index (κ2) is 5.89. The van der Waals surface area contributed by atoms with E-state index in [2.05, 4.69) is 10.3 Å². The van der Waals surface area contributed by atoms with E-state index in [4.69, 9.17) is 0 Å². The Bertz CT molecular complexity index is 861. The standard InChI is InChI=1S/C17H16N2O3S2/c1-23-17-19-11-5-4-10(7-12(11)24-17)18-15(20)13-8-2-3-9(6-8)14(13)16(21)22/h2-5,7-9,13-14H,6H2,1H3,(H,18,20)(H,21,22). The molecule has 1 heterocycles. The molecule has 2 bridgehead atoms. The molecule has 4 rings (SSSR count). The average Bonchev–Trinajstić information content (AvgIpc) is 3.26. The van der Waals surface area contributed by atoms with Crippen LogP contribution in [0.5, 0.6) is 0 Å². The largest absolute Gasteiger partial charge is 0.481 e. The third-order valence-electron chi connectivity index (χ3n) is 4.86. The lowest BCUT2D eigenvalue weighted by Gasteiger charge is -2.23. The Balaban J connectivity index is 1.57. The minimum absolute atomic E-state index is 0.0173. The van der Waals surface area contributed by atoms with Gasteiger partial charge in [-0.1, -0.05) is 23.9 Å². The number of thiazole rings is 1. The van der Waals surface area contributed by atoms with Crippen molar-refractivity contribution in [2.75, 3.05) is 11.6 Å². The van der Waals surface area contributed by atoms with Crippen molar-refractivity contribution in [1.29, 1.82) is 0 Å². The molecule has 1 saturated carbocycles. The number of rotatable bonds is 4. The number of aromatic nitrogens is 1. The predicted molar refractivity (Wildman–Crippen MR) is 95.4 cm³/mol. The highest BCUT2D eigenvalue weighted by Crippen LogP contribution is 2.48. The maximum atomic E-state index is 12.7. The number of carbonyl (C=O) groups is 2. The number of anilines is 1. The zero-order valence-electron chi connectivity index (χ0n) is 12.9. The van der Waals surface area contributed by atoms with Crippen LogP contribution in [0.2, 0.25) is 0 Å². The number of amides is 1. The number of carboxylic acid groups (broad SMARTS) is 1. The first kappa shape index (κ1) is 15.7. The number of carboxylic acids is 1. The fourth-order valence-electron chi connectivity index (χ4n) is 3.81. The van der Waals surface area contributed by atoms with Crippen LogP contribution in [0.4, 0.5) is 5.69 Å². The van der Waals surface area contributed by atoms with Gasteiger partial charge in [-0.25, -0.2) is 4.98 Å². The summed E-state index contributed by atoms with van der Waals surface area (Å²) >= 11 is 3.18. The molecule has 2 aliphatic rings. The molecule has 2 aliphatic carbocycles. The van der Waals surface area contributed by atoms with Crippen LogP contribution in [0.25, 0.3) is 10.2 Å². The number of fused-ring (bicyclic) bond motifs is 3. The Hall–Kier alpha value is -1.86. The quantitative estimate of drug-likeness (QED) is 0.645. The zero-order valence-corrected chi connectivity index (χ0v) is 14.6. The summed E-state index contributed by atoms with van der Waals surface area (Å²) in [5, 5.41) is 12.4. The van der Waals surface area contributed by atoms with Gasteiger partial charge in [-0.05, 0) is 42.7 Å². The molecule has 124 valence electrons. The first-order valence-corrected chi connectivity index (χ1v) is 9.77. The van der Waals surface area contributed by atoms with Gasteiger partial charge < -0.3 is 10.4 Å². The Morgan fingerprint density at radius 1 is 1.29 bits per heavy atom. The van der Waals surface area contributed by atoms with Crippen molar-refractivity contribution >= 4 is 50.9 Å². The Labute approximate surface area is 147 Å². The Morgan fingerprint density at radius 2 is 2.04 bits per heavy atom. The first-order chi connectivity index (χ1) is 11.6. The molecule has 4 unspecified atom stereocenters. The van der Waals surface area contributed by atoms with Crippen LogP contribution in [0.3, 0.4) is 0 Å². The van der Waals surface area contributed by atoms with E-state index in [-0.39, 0.29) is 17.7 Å². The third-order valence-corrected chi connectivity index (χ3v) is 6.86. The normalized spacial score (nSPS) is 27.7. The molecule has 1 aromatic heterocycles. The van der Waals surface area contributed by atoms with Gasteiger partial charge in [0.1, 0.15) is 0 Å². The molecule has 4 atom stereocenters. The van der Waals surface area contributed by atoms with Crippen molar-refractivity contribution in [3.63, 3.8) is 0 Å². The molecule has 1 fully saturated rings. The average molecular weight is 360 g/mol. The molecule has 0 spiro atoms. The van der Waals surface area contributed by atoms with E-state index in [0.717, 1.165) is 21.0 Å². The SMILES string of the molecule is CSc1nc2ccc(NC(=O)C3C4C=CC(C4)C3C(=O)O)cc2s1. The molecule has 1 aromatic carbocycles. The van der Waals surface area contributed by atoms with E-state index < -0.39 is 17.8 Å². The zero-order chi connectivity index (χ0) is 16.8. The van der Waals surface area contributed by atoms with E-state index >= 15 is 0 Å². The van der Waals surface area contributed by atoms with Gasteiger partial charge in [-0.15, -0.1) is 11.3 Å². The summed E-state index contributed by atoms with van der Waals surface area (Å²) < 4.78 is 2.00. The highest BCUT2D eigenvalue weighted by Gasteiger charge is 2.51. The summed E-state index contributed by atoms with van der Waals surface area (Å²) in [4.78, 5) is 28.7. The van der Waals surface area contributed by atoms with Crippen LogP contribution in [-0.4, -0.2) is 28.2 Å². The highest BCUT2D eigenvalue weighted by molar-refractivity contribution is 8.00. The Kier molecular flexibility index (Phi) is 3.85. The number of hydrogen-bond acceptors (Lipinski definition) is 5. The number of allylic oxidation sites excluding steroid dienone is 2. The van der Waals surface area contributed by atoms with E-state index in [0.29, 0.717) is 5.69 Å². The Morgan fingerprint density at radius 3 is 2.75 bits per heavy atom. The molecule has 0 radical (unpaired) electrons. The van der Waals surface area contributed by atoms with Crippen molar-refractivity contribution in [2.45, 2.75) is 10.8 Å². The van der Waals surface area contributed by atoms with Gasteiger partial charge in [-0.2, -0.15) is 0 Å². The van der Waals surface area contributed by atoms with Crippen molar-refractivity contribution in [3.05, 3.63) is 30.4 Å². The van der Waals surface area contributed by atoms with Gasteiger partial charge in [0.15, 0.2) is 4.34 Å². The van der Waals surface area contributed by atoms with E-state index in [9.17, 15) is 14.7 Å². The molecule has 24 heavy (non-hydrogen) atoms. The summed E-state index contributed by atoms with van der Waals surface area (Å²) in [6.07, 6.45) is 6.68. The number of thioether (sulfide) groups is 1. The summed E-state index contributed by atoms with van der Waals surface area (Å²) in [6.45, 7) is 0. The minimum atomic E-state index is -0.880. The minimum Gasteiger partial charge on any atom is -0.481 e. The molecule has 0 saturated heterocycles.